The molecule has 7 heteroatoms. The summed E-state index contributed by atoms with van der Waals surface area (Å²) in [7, 11) is 1.51. The molecule has 1 aliphatic heterocycles. The van der Waals surface area contributed by atoms with Crippen LogP contribution in [-0.2, 0) is 16.0 Å². The Labute approximate surface area is 127 Å². The van der Waals surface area contributed by atoms with Gasteiger partial charge in [0.15, 0.2) is 0 Å². The number of pyridine rings is 1. The Hall–Kier alpha value is -1.66. The number of methoxy groups -OCH3 is 1. The van der Waals surface area contributed by atoms with Crippen LogP contribution in [0.15, 0.2) is 12.1 Å². The summed E-state index contributed by atoms with van der Waals surface area (Å²) in [4.78, 5) is 29.3. The molecule has 1 aromatic rings. The summed E-state index contributed by atoms with van der Waals surface area (Å²) in [6.45, 7) is 2.16. The van der Waals surface area contributed by atoms with E-state index < -0.39 is 12.0 Å². The summed E-state index contributed by atoms with van der Waals surface area (Å²) in [5.41, 5.74) is 1.05. The number of hydrogen-bond donors (Lipinski definition) is 1. The Morgan fingerprint density at radius 3 is 2.81 bits per heavy atom. The number of halogens is 1. The Kier molecular flexibility index (Phi) is 4.80. The highest BCUT2D eigenvalue weighted by Gasteiger charge is 2.40. The Balaban J connectivity index is 2.29. The number of carboxylic acid groups (broad SMARTS) is 1. The van der Waals surface area contributed by atoms with Crippen LogP contribution in [0.25, 0.3) is 0 Å². The molecule has 0 saturated carbocycles. The maximum atomic E-state index is 12.6. The number of hydrogen-bond acceptors (Lipinski definition) is 4. The largest absolute Gasteiger partial charge is 0.480 e. The van der Waals surface area contributed by atoms with Gasteiger partial charge in [-0.1, -0.05) is 18.5 Å². The van der Waals surface area contributed by atoms with Gasteiger partial charge in [0.1, 0.15) is 11.2 Å². The van der Waals surface area contributed by atoms with E-state index in [1.54, 1.807) is 6.07 Å². The van der Waals surface area contributed by atoms with Crippen molar-refractivity contribution in [2.75, 3.05) is 13.7 Å². The molecular formula is C14H17ClN2O4. The zero-order chi connectivity index (χ0) is 15.6. The van der Waals surface area contributed by atoms with E-state index in [1.165, 1.54) is 18.1 Å². The van der Waals surface area contributed by atoms with E-state index in [1.807, 2.05) is 6.92 Å². The smallest absolute Gasteiger partial charge is 0.326 e. The number of likely N-dealkylation sites (tertiary alicyclic amines) is 1. The van der Waals surface area contributed by atoms with Gasteiger partial charge in [-0.15, -0.1) is 0 Å². The quantitative estimate of drug-likeness (QED) is 0.854. The number of carboxylic acids is 1. The fraction of sp³-hybridized carbons (Fsp3) is 0.500. The highest BCUT2D eigenvalue weighted by atomic mass is 35.5. The Bertz CT molecular complexity index is 564. The molecule has 2 atom stereocenters. The molecule has 0 radical (unpaired) electrons. The summed E-state index contributed by atoms with van der Waals surface area (Å²) in [5.74, 6) is -1.39. The number of aryl methyl sites for hydroxylation is 1. The van der Waals surface area contributed by atoms with Crippen molar-refractivity contribution < 1.29 is 19.4 Å². The van der Waals surface area contributed by atoms with Gasteiger partial charge in [0.2, 0.25) is 0 Å². The van der Waals surface area contributed by atoms with Crippen LogP contribution in [0.4, 0.5) is 0 Å². The van der Waals surface area contributed by atoms with Crippen LogP contribution in [-0.4, -0.2) is 52.7 Å². The van der Waals surface area contributed by atoms with Crippen molar-refractivity contribution >= 4 is 23.5 Å². The molecule has 0 spiro atoms. The van der Waals surface area contributed by atoms with Crippen molar-refractivity contribution in [3.05, 3.63) is 28.5 Å². The first-order valence-electron chi connectivity index (χ1n) is 6.69. The number of aromatic nitrogens is 1. The second-order valence-corrected chi connectivity index (χ2v) is 5.32. The van der Waals surface area contributed by atoms with E-state index in [4.69, 9.17) is 16.3 Å². The van der Waals surface area contributed by atoms with Crippen molar-refractivity contribution in [1.82, 2.24) is 9.88 Å². The van der Waals surface area contributed by atoms with Gasteiger partial charge in [-0.3, -0.25) is 4.79 Å². The van der Waals surface area contributed by atoms with Gasteiger partial charge < -0.3 is 14.7 Å². The Morgan fingerprint density at radius 1 is 1.52 bits per heavy atom. The molecule has 0 aliphatic carbocycles. The van der Waals surface area contributed by atoms with Crippen LogP contribution in [0.5, 0.6) is 0 Å². The number of rotatable bonds is 4. The van der Waals surface area contributed by atoms with Crippen LogP contribution in [0.1, 0.15) is 29.4 Å². The molecule has 2 unspecified atom stereocenters. The third kappa shape index (κ3) is 3.33. The number of ether oxygens (including phenoxy) is 1. The van der Waals surface area contributed by atoms with Gasteiger partial charge >= 0.3 is 5.97 Å². The fourth-order valence-electron chi connectivity index (χ4n) is 2.45. The summed E-state index contributed by atoms with van der Waals surface area (Å²) in [6.07, 6.45) is 0.666. The third-order valence-corrected chi connectivity index (χ3v) is 3.79. The van der Waals surface area contributed by atoms with Gasteiger partial charge in [-0.25, -0.2) is 9.78 Å². The SMILES string of the molecule is CCc1cc(C(=O)N2CC(OC)CC2C(=O)O)cc(Cl)n1. The fourth-order valence-corrected chi connectivity index (χ4v) is 2.67. The van der Waals surface area contributed by atoms with Gasteiger partial charge in [-0.05, 0) is 18.6 Å². The maximum Gasteiger partial charge on any atom is 0.326 e. The summed E-state index contributed by atoms with van der Waals surface area (Å²) in [5, 5.41) is 9.49. The summed E-state index contributed by atoms with van der Waals surface area (Å²) in [6, 6.07) is 2.23. The number of aliphatic carboxylic acids is 1. The molecule has 1 saturated heterocycles. The minimum Gasteiger partial charge on any atom is -0.480 e. The average Bonchev–Trinajstić information content (AvgIpc) is 2.90. The first-order valence-corrected chi connectivity index (χ1v) is 7.07. The molecule has 2 rings (SSSR count). The van der Waals surface area contributed by atoms with Gasteiger partial charge in [-0.2, -0.15) is 0 Å². The number of amides is 1. The lowest BCUT2D eigenvalue weighted by Crippen LogP contribution is -2.40. The van der Waals surface area contributed by atoms with E-state index in [9.17, 15) is 14.7 Å². The van der Waals surface area contributed by atoms with Crippen LogP contribution >= 0.6 is 11.6 Å². The lowest BCUT2D eigenvalue weighted by molar-refractivity contribution is -0.141. The van der Waals surface area contributed by atoms with Crippen molar-refractivity contribution in [3.8, 4) is 0 Å². The normalized spacial score (nSPS) is 21.6. The molecule has 0 bridgehead atoms. The van der Waals surface area contributed by atoms with Gasteiger partial charge in [0.05, 0.1) is 6.10 Å². The van der Waals surface area contributed by atoms with Crippen molar-refractivity contribution in [1.29, 1.82) is 0 Å². The van der Waals surface area contributed by atoms with E-state index in [0.29, 0.717) is 17.7 Å². The molecule has 1 aromatic heterocycles. The Morgan fingerprint density at radius 2 is 2.24 bits per heavy atom. The molecule has 6 nitrogen and oxygen atoms in total. The number of carbonyl (C=O) groups is 2. The van der Waals surface area contributed by atoms with E-state index in [0.717, 1.165) is 0 Å². The molecule has 1 amide bonds. The summed E-state index contributed by atoms with van der Waals surface area (Å²) >= 11 is 5.91. The van der Waals surface area contributed by atoms with Gasteiger partial charge in [0, 0.05) is 31.3 Å². The molecule has 21 heavy (non-hydrogen) atoms. The molecule has 0 aromatic carbocycles. The lowest BCUT2D eigenvalue weighted by atomic mass is 10.1. The molecule has 114 valence electrons. The highest BCUT2D eigenvalue weighted by Crippen LogP contribution is 2.23. The minimum atomic E-state index is -1.03. The standard InChI is InChI=1S/C14H17ClN2O4/c1-3-9-4-8(5-12(15)16-9)13(18)17-7-10(21-2)6-11(17)14(19)20/h4-5,10-11H,3,6-7H2,1-2H3,(H,19,20). The minimum absolute atomic E-state index is 0.229. The lowest BCUT2D eigenvalue weighted by Gasteiger charge is -2.21. The predicted molar refractivity (Wildman–Crippen MR) is 76.5 cm³/mol. The monoisotopic (exact) mass is 312 g/mol. The molecule has 1 aliphatic rings. The molecule has 2 heterocycles. The van der Waals surface area contributed by atoms with Crippen molar-refractivity contribution in [2.45, 2.75) is 31.9 Å². The maximum absolute atomic E-state index is 12.6. The average molecular weight is 313 g/mol. The first kappa shape index (κ1) is 15.7. The zero-order valence-electron chi connectivity index (χ0n) is 11.9. The predicted octanol–water partition coefficient (Wildman–Crippen LogP) is 1.61. The molecule has 1 fully saturated rings. The first-order chi connectivity index (χ1) is 9.96. The van der Waals surface area contributed by atoms with E-state index >= 15 is 0 Å². The number of nitrogens with zero attached hydrogens (tertiary/aromatic N) is 2. The molecular weight excluding hydrogens is 296 g/mol. The van der Waals surface area contributed by atoms with Crippen LogP contribution in [0.3, 0.4) is 0 Å². The second kappa shape index (κ2) is 6.41. The van der Waals surface area contributed by atoms with E-state index in [2.05, 4.69) is 4.98 Å². The number of carbonyl (C=O) groups excluding carboxylic acids is 1. The molecule has 1 N–H and O–H groups in total. The summed E-state index contributed by atoms with van der Waals surface area (Å²) < 4.78 is 5.18. The van der Waals surface area contributed by atoms with Crippen LogP contribution < -0.4 is 0 Å². The zero-order valence-corrected chi connectivity index (χ0v) is 12.6. The van der Waals surface area contributed by atoms with Gasteiger partial charge in [0.25, 0.3) is 5.91 Å². The topological polar surface area (TPSA) is 79.7 Å². The highest BCUT2D eigenvalue weighted by molar-refractivity contribution is 6.29. The van der Waals surface area contributed by atoms with E-state index in [-0.39, 0.29) is 30.1 Å². The van der Waals surface area contributed by atoms with Crippen molar-refractivity contribution in [3.63, 3.8) is 0 Å². The van der Waals surface area contributed by atoms with Crippen molar-refractivity contribution in [2.24, 2.45) is 0 Å². The van der Waals surface area contributed by atoms with Crippen LogP contribution in [0.2, 0.25) is 5.15 Å². The second-order valence-electron chi connectivity index (χ2n) is 4.93. The van der Waals surface area contributed by atoms with Crippen LogP contribution in [0, 0.1) is 0 Å². The third-order valence-electron chi connectivity index (χ3n) is 3.60.